The van der Waals surface area contributed by atoms with Crippen LogP contribution in [0.15, 0.2) is 24.3 Å². The fourth-order valence-electron chi connectivity index (χ4n) is 1.78. The molecule has 1 amide bonds. The number of ether oxygens (including phenoxy) is 3. The highest BCUT2D eigenvalue weighted by Gasteiger charge is 2.25. The highest BCUT2D eigenvalue weighted by molar-refractivity contribution is 5.81. The van der Waals surface area contributed by atoms with Gasteiger partial charge in [-0.1, -0.05) is 12.1 Å². The quantitative estimate of drug-likeness (QED) is 0.845. The lowest BCUT2D eigenvalue weighted by molar-refractivity contribution is -0.143. The van der Waals surface area contributed by atoms with Gasteiger partial charge in [-0.3, -0.25) is 0 Å². The average molecular weight is 309 g/mol. The Balaban J connectivity index is 2.75. The van der Waals surface area contributed by atoms with E-state index in [-0.39, 0.29) is 0 Å². The molecule has 0 spiro atoms. The number of hydrogen-bond acceptors (Lipinski definition) is 5. The van der Waals surface area contributed by atoms with E-state index in [2.05, 4.69) is 5.32 Å². The number of carbonyl (C=O) groups excluding carboxylic acids is 2. The minimum Gasteiger partial charge on any atom is -0.497 e. The summed E-state index contributed by atoms with van der Waals surface area (Å²) in [4.78, 5) is 23.6. The highest BCUT2D eigenvalue weighted by Crippen LogP contribution is 2.14. The van der Waals surface area contributed by atoms with Crippen molar-refractivity contribution in [3.63, 3.8) is 0 Å². The first-order chi connectivity index (χ1) is 10.2. The summed E-state index contributed by atoms with van der Waals surface area (Å²) in [5.41, 5.74) is 0.234. The van der Waals surface area contributed by atoms with Crippen LogP contribution in [-0.2, 0) is 20.7 Å². The van der Waals surface area contributed by atoms with Crippen LogP contribution in [0.5, 0.6) is 5.75 Å². The van der Waals surface area contributed by atoms with Gasteiger partial charge in [0.2, 0.25) is 0 Å². The molecule has 0 unspecified atom stereocenters. The zero-order chi connectivity index (χ0) is 16.8. The number of carbonyl (C=O) groups is 2. The maximum Gasteiger partial charge on any atom is 0.408 e. The predicted molar refractivity (Wildman–Crippen MR) is 81.9 cm³/mol. The normalized spacial score (nSPS) is 12.2. The number of nitrogens with one attached hydrogen (secondary N) is 1. The lowest BCUT2D eigenvalue weighted by Gasteiger charge is -2.22. The largest absolute Gasteiger partial charge is 0.497 e. The van der Waals surface area contributed by atoms with Crippen LogP contribution in [0.4, 0.5) is 4.79 Å². The summed E-state index contributed by atoms with van der Waals surface area (Å²) in [5, 5.41) is 2.53. The van der Waals surface area contributed by atoms with Gasteiger partial charge in [-0.25, -0.2) is 9.59 Å². The molecule has 6 nitrogen and oxygen atoms in total. The maximum absolute atomic E-state index is 11.8. The second kappa shape index (κ2) is 7.68. The van der Waals surface area contributed by atoms with E-state index in [1.807, 2.05) is 12.1 Å². The van der Waals surface area contributed by atoms with Crippen molar-refractivity contribution in [3.05, 3.63) is 29.8 Å². The van der Waals surface area contributed by atoms with Crippen LogP contribution in [0.25, 0.3) is 0 Å². The molecule has 6 heteroatoms. The van der Waals surface area contributed by atoms with Gasteiger partial charge in [-0.05, 0) is 38.5 Å². The van der Waals surface area contributed by atoms with Crippen molar-refractivity contribution in [2.75, 3.05) is 14.2 Å². The molecule has 22 heavy (non-hydrogen) atoms. The van der Waals surface area contributed by atoms with Crippen LogP contribution in [0, 0.1) is 0 Å². The first-order valence-electron chi connectivity index (χ1n) is 6.95. The van der Waals surface area contributed by atoms with Crippen molar-refractivity contribution in [2.24, 2.45) is 0 Å². The Labute approximate surface area is 130 Å². The van der Waals surface area contributed by atoms with Crippen LogP contribution in [0.2, 0.25) is 0 Å². The van der Waals surface area contributed by atoms with Crippen LogP contribution < -0.4 is 10.1 Å². The van der Waals surface area contributed by atoms with Crippen molar-refractivity contribution in [3.8, 4) is 5.75 Å². The molecule has 1 N–H and O–H groups in total. The molecule has 1 aromatic rings. The van der Waals surface area contributed by atoms with E-state index in [4.69, 9.17) is 14.2 Å². The number of hydrogen-bond donors (Lipinski definition) is 1. The number of benzene rings is 1. The average Bonchev–Trinajstić information content (AvgIpc) is 2.44. The topological polar surface area (TPSA) is 73.9 Å². The fraction of sp³-hybridized carbons (Fsp3) is 0.500. The zero-order valence-electron chi connectivity index (χ0n) is 13.6. The number of rotatable bonds is 5. The van der Waals surface area contributed by atoms with E-state index < -0.39 is 23.7 Å². The number of alkyl carbamates (subject to hydrolysis) is 1. The minimum absolute atomic E-state index is 0.301. The third kappa shape index (κ3) is 6.03. The fourth-order valence-corrected chi connectivity index (χ4v) is 1.78. The summed E-state index contributed by atoms with van der Waals surface area (Å²) >= 11 is 0. The van der Waals surface area contributed by atoms with Crippen LogP contribution in [0.3, 0.4) is 0 Å². The van der Waals surface area contributed by atoms with Gasteiger partial charge in [-0.2, -0.15) is 0 Å². The van der Waals surface area contributed by atoms with Crippen LogP contribution in [-0.4, -0.2) is 37.9 Å². The molecule has 0 fully saturated rings. The molecule has 1 aromatic carbocycles. The highest BCUT2D eigenvalue weighted by atomic mass is 16.6. The summed E-state index contributed by atoms with van der Waals surface area (Å²) in [6.07, 6.45) is -0.355. The minimum atomic E-state index is -0.812. The third-order valence-corrected chi connectivity index (χ3v) is 2.78. The summed E-state index contributed by atoms with van der Waals surface area (Å²) in [7, 11) is 2.86. The van der Waals surface area contributed by atoms with Gasteiger partial charge in [-0.15, -0.1) is 0 Å². The lowest BCUT2D eigenvalue weighted by Crippen LogP contribution is -2.45. The molecule has 0 aromatic heterocycles. The molecule has 0 bridgehead atoms. The van der Waals surface area contributed by atoms with Gasteiger partial charge in [0.05, 0.1) is 14.2 Å². The summed E-state index contributed by atoms with van der Waals surface area (Å²) in [6, 6.07) is 6.42. The van der Waals surface area contributed by atoms with E-state index >= 15 is 0 Å². The standard InChI is InChI=1S/C16H23NO5/c1-16(2,3)22-15(19)17-13(14(18)21-5)10-11-6-8-12(20-4)9-7-11/h6-9,13H,10H2,1-5H3,(H,17,19)/t13-/m0/s1. The Bertz CT molecular complexity index is 504. The monoisotopic (exact) mass is 309 g/mol. The second-order valence-electron chi connectivity index (χ2n) is 5.77. The van der Waals surface area contributed by atoms with Gasteiger partial charge in [0.25, 0.3) is 0 Å². The third-order valence-electron chi connectivity index (χ3n) is 2.78. The molecule has 0 heterocycles. The molecule has 0 saturated heterocycles. The maximum atomic E-state index is 11.8. The zero-order valence-corrected chi connectivity index (χ0v) is 13.6. The molecular weight excluding hydrogens is 286 g/mol. The first-order valence-corrected chi connectivity index (χ1v) is 6.95. The summed E-state index contributed by atoms with van der Waals surface area (Å²) in [5.74, 6) is 0.195. The molecule has 0 radical (unpaired) electrons. The van der Waals surface area contributed by atoms with Gasteiger partial charge in [0, 0.05) is 6.42 Å². The van der Waals surface area contributed by atoms with Crippen molar-refractivity contribution in [1.82, 2.24) is 5.32 Å². The lowest BCUT2D eigenvalue weighted by atomic mass is 10.1. The van der Waals surface area contributed by atoms with Crippen molar-refractivity contribution >= 4 is 12.1 Å². The van der Waals surface area contributed by atoms with Gasteiger partial charge in [0.1, 0.15) is 17.4 Å². The van der Waals surface area contributed by atoms with E-state index in [1.54, 1.807) is 40.0 Å². The van der Waals surface area contributed by atoms with Crippen LogP contribution >= 0.6 is 0 Å². The van der Waals surface area contributed by atoms with Gasteiger partial charge >= 0.3 is 12.1 Å². The van der Waals surface area contributed by atoms with E-state index in [1.165, 1.54) is 7.11 Å². The van der Waals surface area contributed by atoms with E-state index in [0.29, 0.717) is 6.42 Å². The van der Waals surface area contributed by atoms with E-state index in [9.17, 15) is 9.59 Å². The second-order valence-corrected chi connectivity index (χ2v) is 5.77. The Morgan fingerprint density at radius 2 is 1.73 bits per heavy atom. The van der Waals surface area contributed by atoms with Crippen molar-refractivity contribution in [2.45, 2.75) is 38.8 Å². The number of methoxy groups -OCH3 is 2. The molecule has 0 aliphatic carbocycles. The molecule has 122 valence electrons. The van der Waals surface area contributed by atoms with Gasteiger partial charge in [0.15, 0.2) is 0 Å². The molecule has 1 rings (SSSR count). The Morgan fingerprint density at radius 3 is 2.18 bits per heavy atom. The van der Waals surface area contributed by atoms with Crippen molar-refractivity contribution < 1.29 is 23.8 Å². The predicted octanol–water partition coefficient (Wildman–Crippen LogP) is 2.30. The molecule has 0 aliphatic heterocycles. The number of amides is 1. The molecule has 0 aliphatic rings. The SMILES string of the molecule is COC(=O)[C@H](Cc1ccc(OC)cc1)NC(=O)OC(C)(C)C. The molecule has 1 atom stereocenters. The summed E-state index contributed by atoms with van der Waals surface area (Å²) < 4.78 is 15.0. The molecule has 0 saturated carbocycles. The Kier molecular flexibility index (Phi) is 6.22. The van der Waals surface area contributed by atoms with Crippen molar-refractivity contribution in [1.29, 1.82) is 0 Å². The Hall–Kier alpha value is -2.24. The Morgan fingerprint density at radius 1 is 1.14 bits per heavy atom. The number of esters is 1. The van der Waals surface area contributed by atoms with E-state index in [0.717, 1.165) is 11.3 Å². The molecular formula is C16H23NO5. The first kappa shape index (κ1) is 17.8. The smallest absolute Gasteiger partial charge is 0.408 e. The summed E-state index contributed by atoms with van der Waals surface area (Å²) in [6.45, 7) is 5.26. The van der Waals surface area contributed by atoms with Gasteiger partial charge < -0.3 is 19.5 Å². The van der Waals surface area contributed by atoms with Crippen LogP contribution in [0.1, 0.15) is 26.3 Å².